The van der Waals surface area contributed by atoms with Gasteiger partial charge in [0.25, 0.3) is 0 Å². The van der Waals surface area contributed by atoms with E-state index in [-0.39, 0.29) is 5.91 Å². The Morgan fingerprint density at radius 2 is 2.05 bits per heavy atom. The second kappa shape index (κ2) is 5.75. The lowest BCUT2D eigenvalue weighted by molar-refractivity contribution is -0.116. The number of carbonyl (C=O) groups excluding carboxylic acids is 1. The van der Waals surface area contributed by atoms with Crippen molar-refractivity contribution in [2.45, 2.75) is 19.9 Å². The molecule has 1 amide bonds. The van der Waals surface area contributed by atoms with Crippen molar-refractivity contribution in [3.8, 4) is 0 Å². The molecule has 0 bridgehead atoms. The van der Waals surface area contributed by atoms with Gasteiger partial charge >= 0.3 is 0 Å². The van der Waals surface area contributed by atoms with Crippen molar-refractivity contribution >= 4 is 29.1 Å². The summed E-state index contributed by atoms with van der Waals surface area (Å²) >= 11 is 5.79. The van der Waals surface area contributed by atoms with Gasteiger partial charge in [-0.2, -0.15) is 0 Å². The van der Waals surface area contributed by atoms with Crippen LogP contribution in [-0.4, -0.2) is 17.1 Å². The third-order valence-electron chi connectivity index (χ3n) is 2.50. The number of nitrogens with zero attached hydrogens (tertiary/aromatic N) is 1. The highest BCUT2D eigenvalue weighted by molar-refractivity contribution is 6.30. The zero-order valence-corrected chi connectivity index (χ0v) is 11.4. The summed E-state index contributed by atoms with van der Waals surface area (Å²) in [4.78, 5) is 11.9. The minimum Gasteiger partial charge on any atom is -0.374 e. The van der Waals surface area contributed by atoms with Crippen molar-refractivity contribution in [1.82, 2.24) is 5.16 Å². The van der Waals surface area contributed by atoms with Crippen molar-refractivity contribution in [3.63, 3.8) is 0 Å². The van der Waals surface area contributed by atoms with Gasteiger partial charge in [-0.3, -0.25) is 10.1 Å². The standard InChI is InChI=1S/C13H14ClN3O2/c1-8-7-12(19-17-8)16-13(18)9(2)15-11-5-3-10(14)4-6-11/h3-7,9,15H,1-2H3,(H,16,18)/t9-/m0/s1. The highest BCUT2D eigenvalue weighted by Crippen LogP contribution is 2.15. The molecule has 0 radical (unpaired) electrons. The first-order valence-electron chi connectivity index (χ1n) is 5.81. The summed E-state index contributed by atoms with van der Waals surface area (Å²) in [5.74, 6) is 0.137. The topological polar surface area (TPSA) is 67.2 Å². The van der Waals surface area contributed by atoms with Crippen LogP contribution in [0.2, 0.25) is 5.02 Å². The van der Waals surface area contributed by atoms with Gasteiger partial charge in [-0.15, -0.1) is 0 Å². The van der Waals surface area contributed by atoms with E-state index in [1.807, 2.05) is 12.1 Å². The zero-order chi connectivity index (χ0) is 13.8. The molecule has 0 aliphatic heterocycles. The maximum absolute atomic E-state index is 11.9. The molecule has 6 heteroatoms. The largest absolute Gasteiger partial charge is 0.374 e. The van der Waals surface area contributed by atoms with Crippen LogP contribution in [0.3, 0.4) is 0 Å². The van der Waals surface area contributed by atoms with Gasteiger partial charge in [-0.05, 0) is 38.1 Å². The molecule has 0 aliphatic rings. The van der Waals surface area contributed by atoms with Gasteiger partial charge in [0.2, 0.25) is 11.8 Å². The lowest BCUT2D eigenvalue weighted by Crippen LogP contribution is -2.31. The summed E-state index contributed by atoms with van der Waals surface area (Å²) in [6.07, 6.45) is 0. The quantitative estimate of drug-likeness (QED) is 0.902. The van der Waals surface area contributed by atoms with E-state index < -0.39 is 6.04 Å². The van der Waals surface area contributed by atoms with Gasteiger partial charge in [-0.25, -0.2) is 0 Å². The number of halogens is 1. The summed E-state index contributed by atoms with van der Waals surface area (Å²) in [6, 6.07) is 8.39. The lowest BCUT2D eigenvalue weighted by Gasteiger charge is -2.13. The Kier molecular flexibility index (Phi) is 4.06. The first-order valence-corrected chi connectivity index (χ1v) is 6.18. The van der Waals surface area contributed by atoms with Crippen LogP contribution in [0.15, 0.2) is 34.9 Å². The van der Waals surface area contributed by atoms with Crippen LogP contribution in [0.4, 0.5) is 11.6 Å². The summed E-state index contributed by atoms with van der Waals surface area (Å²) in [5, 5.41) is 10.1. The molecule has 5 nitrogen and oxygen atoms in total. The average molecular weight is 280 g/mol. The lowest BCUT2D eigenvalue weighted by atomic mass is 10.2. The van der Waals surface area contributed by atoms with Crippen molar-refractivity contribution in [3.05, 3.63) is 41.0 Å². The van der Waals surface area contributed by atoms with Crippen LogP contribution in [0, 0.1) is 6.92 Å². The van der Waals surface area contributed by atoms with Crippen LogP contribution in [0.25, 0.3) is 0 Å². The number of carbonyl (C=O) groups is 1. The van der Waals surface area contributed by atoms with Gasteiger partial charge in [-0.1, -0.05) is 16.8 Å². The van der Waals surface area contributed by atoms with Crippen LogP contribution in [0.1, 0.15) is 12.6 Å². The van der Waals surface area contributed by atoms with E-state index in [9.17, 15) is 4.79 Å². The molecule has 1 heterocycles. The number of benzene rings is 1. The summed E-state index contributed by atoms with van der Waals surface area (Å²) < 4.78 is 4.92. The van der Waals surface area contributed by atoms with E-state index in [4.69, 9.17) is 16.1 Å². The van der Waals surface area contributed by atoms with Gasteiger partial charge < -0.3 is 9.84 Å². The normalized spacial score (nSPS) is 11.9. The van der Waals surface area contributed by atoms with Crippen LogP contribution < -0.4 is 10.6 Å². The number of anilines is 2. The Bertz CT molecular complexity index is 566. The first-order chi connectivity index (χ1) is 9.04. The maximum atomic E-state index is 11.9. The third-order valence-corrected chi connectivity index (χ3v) is 2.75. The molecule has 0 unspecified atom stereocenters. The number of aryl methyl sites for hydroxylation is 1. The number of aromatic nitrogens is 1. The van der Waals surface area contributed by atoms with Crippen LogP contribution >= 0.6 is 11.6 Å². The van der Waals surface area contributed by atoms with Crippen molar-refractivity contribution in [2.24, 2.45) is 0 Å². The second-order valence-corrected chi connectivity index (χ2v) is 4.63. The molecule has 0 saturated heterocycles. The summed E-state index contributed by atoms with van der Waals surface area (Å²) in [7, 11) is 0. The highest BCUT2D eigenvalue weighted by Gasteiger charge is 2.14. The van der Waals surface area contributed by atoms with Crippen LogP contribution in [-0.2, 0) is 4.79 Å². The van der Waals surface area contributed by atoms with E-state index >= 15 is 0 Å². The fourth-order valence-electron chi connectivity index (χ4n) is 1.51. The molecule has 2 rings (SSSR count). The predicted molar refractivity (Wildman–Crippen MR) is 74.4 cm³/mol. The van der Waals surface area contributed by atoms with E-state index in [2.05, 4.69) is 15.8 Å². The number of hydrogen-bond donors (Lipinski definition) is 2. The molecule has 2 N–H and O–H groups in total. The molecule has 1 aromatic carbocycles. The highest BCUT2D eigenvalue weighted by atomic mass is 35.5. The number of nitrogens with one attached hydrogen (secondary N) is 2. The molecule has 100 valence electrons. The van der Waals surface area contributed by atoms with Crippen molar-refractivity contribution in [2.75, 3.05) is 10.6 Å². The Labute approximate surface area is 115 Å². The van der Waals surface area contributed by atoms with Crippen molar-refractivity contribution < 1.29 is 9.32 Å². The van der Waals surface area contributed by atoms with E-state index in [1.165, 1.54) is 0 Å². The number of rotatable bonds is 4. The molecule has 19 heavy (non-hydrogen) atoms. The predicted octanol–water partition coefficient (Wildman–Crippen LogP) is 3.08. The van der Waals surface area contributed by atoms with Crippen molar-refractivity contribution in [1.29, 1.82) is 0 Å². The van der Waals surface area contributed by atoms with E-state index in [0.717, 1.165) is 5.69 Å². The molecule has 0 spiro atoms. The first kappa shape index (κ1) is 13.4. The van der Waals surface area contributed by atoms with Gasteiger partial charge in [0.1, 0.15) is 6.04 Å². The smallest absolute Gasteiger partial charge is 0.248 e. The van der Waals surface area contributed by atoms with Crippen LogP contribution in [0.5, 0.6) is 0 Å². The molecule has 1 aromatic heterocycles. The molecular formula is C13H14ClN3O2. The molecule has 0 saturated carbocycles. The van der Waals surface area contributed by atoms with Gasteiger partial charge in [0.05, 0.1) is 5.69 Å². The second-order valence-electron chi connectivity index (χ2n) is 4.19. The molecule has 0 aliphatic carbocycles. The average Bonchev–Trinajstić information content (AvgIpc) is 2.77. The molecule has 2 aromatic rings. The Balaban J connectivity index is 1.94. The minimum absolute atomic E-state index is 0.203. The SMILES string of the molecule is Cc1cc(NC(=O)[C@H](C)Nc2ccc(Cl)cc2)on1. The zero-order valence-electron chi connectivity index (χ0n) is 10.6. The summed E-state index contributed by atoms with van der Waals surface area (Å²) in [5.41, 5.74) is 1.54. The monoisotopic (exact) mass is 279 g/mol. The Morgan fingerprint density at radius 3 is 2.63 bits per heavy atom. The molecule has 1 atom stereocenters. The van der Waals surface area contributed by atoms with E-state index in [0.29, 0.717) is 16.6 Å². The van der Waals surface area contributed by atoms with E-state index in [1.54, 1.807) is 32.0 Å². The minimum atomic E-state index is -0.411. The fourth-order valence-corrected chi connectivity index (χ4v) is 1.64. The summed E-state index contributed by atoms with van der Waals surface area (Å²) in [6.45, 7) is 3.54. The van der Waals surface area contributed by atoms with Gasteiger partial charge in [0.15, 0.2) is 0 Å². The number of hydrogen-bond acceptors (Lipinski definition) is 4. The Morgan fingerprint density at radius 1 is 1.37 bits per heavy atom. The number of amides is 1. The Hall–Kier alpha value is -2.01. The maximum Gasteiger partial charge on any atom is 0.248 e. The fraction of sp³-hybridized carbons (Fsp3) is 0.231. The molecule has 0 fully saturated rings. The van der Waals surface area contributed by atoms with Gasteiger partial charge in [0, 0.05) is 16.8 Å². The third kappa shape index (κ3) is 3.72. The molecular weight excluding hydrogens is 266 g/mol.